The molecule has 1 unspecified atom stereocenters. The van der Waals surface area contributed by atoms with E-state index >= 15 is 0 Å². The molecule has 0 fully saturated rings. The van der Waals surface area contributed by atoms with Crippen LogP contribution in [0.15, 0.2) is 30.5 Å². The molecule has 6 heteroatoms. The van der Waals surface area contributed by atoms with Crippen molar-refractivity contribution in [3.63, 3.8) is 0 Å². The number of benzene rings is 1. The van der Waals surface area contributed by atoms with Gasteiger partial charge in [0, 0.05) is 12.5 Å². The van der Waals surface area contributed by atoms with E-state index in [2.05, 4.69) is 18.1 Å². The minimum atomic E-state index is -0.538. The quantitative estimate of drug-likeness (QED) is 0.788. The third-order valence-corrected chi connectivity index (χ3v) is 4.14. The molecule has 130 valence electrons. The van der Waals surface area contributed by atoms with Gasteiger partial charge in [0.2, 0.25) is 0 Å². The fourth-order valence-corrected chi connectivity index (χ4v) is 2.84. The van der Waals surface area contributed by atoms with Gasteiger partial charge in [0.15, 0.2) is 0 Å². The van der Waals surface area contributed by atoms with Crippen LogP contribution in [-0.2, 0) is 4.74 Å². The van der Waals surface area contributed by atoms with Crippen molar-refractivity contribution in [2.24, 2.45) is 0 Å². The number of nitriles is 1. The van der Waals surface area contributed by atoms with Crippen molar-refractivity contribution < 1.29 is 9.53 Å². The smallest absolute Gasteiger partial charge is 0.414 e. The maximum Gasteiger partial charge on any atom is 0.414 e. The van der Waals surface area contributed by atoms with Gasteiger partial charge in [0.25, 0.3) is 0 Å². The molecular weight excluding hydrogens is 316 g/mol. The summed E-state index contributed by atoms with van der Waals surface area (Å²) < 4.78 is 7.28. The molecule has 0 aliphatic carbocycles. The van der Waals surface area contributed by atoms with Crippen molar-refractivity contribution in [1.82, 2.24) is 9.78 Å². The lowest BCUT2D eigenvalue weighted by molar-refractivity contribution is 0.0577. The van der Waals surface area contributed by atoms with Crippen molar-refractivity contribution in [1.29, 1.82) is 5.26 Å². The van der Waals surface area contributed by atoms with Gasteiger partial charge in [0.1, 0.15) is 5.60 Å². The van der Waals surface area contributed by atoms with Crippen molar-refractivity contribution in [2.75, 3.05) is 11.4 Å². The van der Waals surface area contributed by atoms with Gasteiger partial charge >= 0.3 is 6.09 Å². The zero-order valence-electron chi connectivity index (χ0n) is 15.0. The molecule has 2 aromatic rings. The highest BCUT2D eigenvalue weighted by Gasteiger charge is 2.32. The molecule has 0 saturated heterocycles. The fourth-order valence-electron chi connectivity index (χ4n) is 2.84. The number of amides is 1. The van der Waals surface area contributed by atoms with Crippen LogP contribution in [0.1, 0.15) is 51.3 Å². The van der Waals surface area contributed by atoms with Crippen molar-refractivity contribution in [2.45, 2.75) is 45.6 Å². The Hall–Kier alpha value is -2.81. The molecule has 25 heavy (non-hydrogen) atoms. The molecule has 3 rings (SSSR count). The van der Waals surface area contributed by atoms with Crippen molar-refractivity contribution >= 4 is 11.8 Å². The minimum absolute atomic E-state index is 0.272. The second-order valence-electron chi connectivity index (χ2n) is 7.32. The highest BCUT2D eigenvalue weighted by Crippen LogP contribution is 2.35. The van der Waals surface area contributed by atoms with Crippen LogP contribution in [0.2, 0.25) is 0 Å². The molecule has 0 saturated carbocycles. The summed E-state index contributed by atoms with van der Waals surface area (Å²) in [4.78, 5) is 14.2. The summed E-state index contributed by atoms with van der Waals surface area (Å²) in [7, 11) is 0. The number of nitrogens with zero attached hydrogens (tertiary/aromatic N) is 4. The van der Waals surface area contributed by atoms with Crippen LogP contribution in [0.25, 0.3) is 5.69 Å². The summed E-state index contributed by atoms with van der Waals surface area (Å²) in [5, 5.41) is 13.6. The first-order chi connectivity index (χ1) is 11.8. The van der Waals surface area contributed by atoms with Crippen LogP contribution in [0, 0.1) is 11.3 Å². The van der Waals surface area contributed by atoms with Crippen molar-refractivity contribution in [3.8, 4) is 11.8 Å². The Morgan fingerprint density at radius 2 is 2.00 bits per heavy atom. The number of carbonyl (C=O) groups is 1. The Bertz CT molecular complexity index is 825. The van der Waals surface area contributed by atoms with E-state index in [0.717, 1.165) is 23.5 Å². The van der Waals surface area contributed by atoms with Crippen LogP contribution in [0.3, 0.4) is 0 Å². The van der Waals surface area contributed by atoms with E-state index in [-0.39, 0.29) is 12.0 Å². The van der Waals surface area contributed by atoms with Crippen LogP contribution >= 0.6 is 0 Å². The molecule has 1 aliphatic rings. The standard InChI is InChI=1S/C19H22N4O2/c1-13-9-10-22(18(24)25-19(2,3)4)16-12-23(21-17(13)16)15-7-5-14(11-20)6-8-15/h5-8,12-13H,9-10H2,1-4H3. The number of aromatic nitrogens is 2. The molecule has 2 heterocycles. The average Bonchev–Trinajstić information content (AvgIpc) is 2.99. The van der Waals surface area contributed by atoms with Gasteiger partial charge in [-0.2, -0.15) is 10.4 Å². The van der Waals surface area contributed by atoms with E-state index in [1.165, 1.54) is 0 Å². The lowest BCUT2D eigenvalue weighted by atomic mass is 9.98. The largest absolute Gasteiger partial charge is 0.443 e. The number of hydrogen-bond donors (Lipinski definition) is 0. The van der Waals surface area contributed by atoms with Gasteiger partial charge in [-0.1, -0.05) is 6.92 Å². The molecule has 1 atom stereocenters. The van der Waals surface area contributed by atoms with Gasteiger partial charge < -0.3 is 4.74 Å². The van der Waals surface area contributed by atoms with E-state index in [9.17, 15) is 4.79 Å². The molecule has 1 aromatic heterocycles. The van der Waals surface area contributed by atoms with Crippen LogP contribution < -0.4 is 4.90 Å². The number of anilines is 1. The van der Waals surface area contributed by atoms with Gasteiger partial charge in [-0.05, 0) is 51.5 Å². The van der Waals surface area contributed by atoms with E-state index in [1.54, 1.807) is 21.7 Å². The maximum atomic E-state index is 12.5. The molecule has 1 amide bonds. The number of fused-ring (bicyclic) bond motifs is 1. The van der Waals surface area contributed by atoms with Gasteiger partial charge in [0.05, 0.1) is 34.9 Å². The first kappa shape index (κ1) is 17.0. The van der Waals surface area contributed by atoms with E-state index < -0.39 is 5.60 Å². The molecule has 6 nitrogen and oxygen atoms in total. The zero-order chi connectivity index (χ0) is 18.2. The summed E-state index contributed by atoms with van der Waals surface area (Å²) in [6, 6.07) is 9.31. The summed E-state index contributed by atoms with van der Waals surface area (Å²) >= 11 is 0. The topological polar surface area (TPSA) is 71.2 Å². The molecular formula is C19H22N4O2. The predicted molar refractivity (Wildman–Crippen MR) is 94.9 cm³/mol. The average molecular weight is 338 g/mol. The zero-order valence-corrected chi connectivity index (χ0v) is 15.0. The lowest BCUT2D eigenvalue weighted by Crippen LogP contribution is -2.40. The minimum Gasteiger partial charge on any atom is -0.443 e. The lowest BCUT2D eigenvalue weighted by Gasteiger charge is -2.31. The highest BCUT2D eigenvalue weighted by molar-refractivity contribution is 5.89. The Labute approximate surface area is 147 Å². The maximum absolute atomic E-state index is 12.5. The third kappa shape index (κ3) is 3.50. The van der Waals surface area contributed by atoms with Crippen LogP contribution in [0.4, 0.5) is 10.5 Å². The van der Waals surface area contributed by atoms with Crippen LogP contribution in [0.5, 0.6) is 0 Å². The van der Waals surface area contributed by atoms with E-state index in [0.29, 0.717) is 12.1 Å². The van der Waals surface area contributed by atoms with E-state index in [4.69, 9.17) is 10.00 Å². The summed E-state index contributed by atoms with van der Waals surface area (Å²) in [5.41, 5.74) is 2.59. The van der Waals surface area contributed by atoms with Crippen molar-refractivity contribution in [3.05, 3.63) is 41.7 Å². The Morgan fingerprint density at radius 3 is 2.60 bits per heavy atom. The first-order valence-electron chi connectivity index (χ1n) is 8.39. The molecule has 1 aromatic carbocycles. The summed E-state index contributed by atoms with van der Waals surface area (Å²) in [5.74, 6) is 0.272. The van der Waals surface area contributed by atoms with Crippen LogP contribution in [-0.4, -0.2) is 28.0 Å². The monoisotopic (exact) mass is 338 g/mol. The fraction of sp³-hybridized carbons (Fsp3) is 0.421. The molecule has 0 N–H and O–H groups in total. The number of carbonyl (C=O) groups excluding carboxylic acids is 1. The van der Waals surface area contributed by atoms with E-state index in [1.807, 2.05) is 39.1 Å². The SMILES string of the molecule is CC1CCN(C(=O)OC(C)(C)C)c2cn(-c3ccc(C#N)cc3)nc21. The Kier molecular flexibility index (Phi) is 4.25. The Balaban J connectivity index is 1.95. The highest BCUT2D eigenvalue weighted by atomic mass is 16.6. The summed E-state index contributed by atoms with van der Waals surface area (Å²) in [6.45, 7) is 8.30. The molecule has 1 aliphatic heterocycles. The molecule has 0 radical (unpaired) electrons. The van der Waals surface area contributed by atoms with Gasteiger partial charge in [-0.3, -0.25) is 4.90 Å². The normalized spacial score (nSPS) is 16.9. The second-order valence-corrected chi connectivity index (χ2v) is 7.32. The second kappa shape index (κ2) is 6.25. The predicted octanol–water partition coefficient (Wildman–Crippen LogP) is 3.99. The summed E-state index contributed by atoms with van der Waals surface area (Å²) in [6.07, 6.45) is 2.35. The van der Waals surface area contributed by atoms with Gasteiger partial charge in [-0.25, -0.2) is 9.48 Å². The number of ether oxygens (including phenoxy) is 1. The first-order valence-corrected chi connectivity index (χ1v) is 8.39. The number of rotatable bonds is 1. The number of hydrogen-bond acceptors (Lipinski definition) is 4. The third-order valence-electron chi connectivity index (χ3n) is 4.14. The van der Waals surface area contributed by atoms with Gasteiger partial charge in [-0.15, -0.1) is 0 Å². The Morgan fingerprint density at radius 1 is 1.32 bits per heavy atom. The molecule has 0 bridgehead atoms. The molecule has 0 spiro atoms.